The highest BCUT2D eigenvalue weighted by molar-refractivity contribution is 5.77. The molecule has 7 heteroatoms. The number of nitrogens with one attached hydrogen (secondary N) is 1. The predicted octanol–water partition coefficient (Wildman–Crippen LogP) is 1.62. The van der Waals surface area contributed by atoms with Crippen LogP contribution in [-0.4, -0.2) is 44.9 Å². The number of ether oxygens (including phenoxy) is 3. The average molecular weight is 344 g/mol. The maximum Gasteiger partial charge on any atom is 0.188 e. The van der Waals surface area contributed by atoms with Crippen LogP contribution in [0.2, 0.25) is 0 Å². The van der Waals surface area contributed by atoms with Gasteiger partial charge in [-0.25, -0.2) is 0 Å². The largest absolute Gasteiger partial charge is 0.493 e. The second-order valence-electron chi connectivity index (χ2n) is 5.17. The van der Waals surface area contributed by atoms with Crippen molar-refractivity contribution in [3.05, 3.63) is 48.3 Å². The summed E-state index contributed by atoms with van der Waals surface area (Å²) < 4.78 is 16.0. The van der Waals surface area contributed by atoms with Gasteiger partial charge in [-0.2, -0.15) is 0 Å². The number of guanidine groups is 1. The Balaban J connectivity index is 1.70. The van der Waals surface area contributed by atoms with Crippen molar-refractivity contribution in [2.45, 2.75) is 6.42 Å². The molecule has 0 aliphatic heterocycles. The van der Waals surface area contributed by atoms with Crippen LogP contribution < -0.4 is 25.3 Å². The number of pyridine rings is 1. The molecule has 3 N–H and O–H groups in total. The second-order valence-corrected chi connectivity index (χ2v) is 5.17. The van der Waals surface area contributed by atoms with Gasteiger partial charge in [0.2, 0.25) is 0 Å². The molecule has 0 spiro atoms. The Kier molecular flexibility index (Phi) is 7.37. The van der Waals surface area contributed by atoms with Gasteiger partial charge in [0.05, 0.1) is 27.0 Å². The molecule has 0 unspecified atom stereocenters. The lowest BCUT2D eigenvalue weighted by Gasteiger charge is -2.09. The highest BCUT2D eigenvalue weighted by Crippen LogP contribution is 2.27. The van der Waals surface area contributed by atoms with E-state index in [0.717, 1.165) is 17.7 Å². The lowest BCUT2D eigenvalue weighted by Crippen LogP contribution is -2.35. The van der Waals surface area contributed by atoms with Gasteiger partial charge in [-0.3, -0.25) is 9.98 Å². The molecule has 134 valence electrons. The summed E-state index contributed by atoms with van der Waals surface area (Å²) in [7, 11) is 3.24. The van der Waals surface area contributed by atoms with Gasteiger partial charge in [0.15, 0.2) is 17.5 Å². The van der Waals surface area contributed by atoms with Crippen LogP contribution in [0.4, 0.5) is 0 Å². The number of benzene rings is 1. The smallest absolute Gasteiger partial charge is 0.188 e. The third-order valence-corrected chi connectivity index (χ3v) is 3.44. The summed E-state index contributed by atoms with van der Waals surface area (Å²) in [5.74, 6) is 2.55. The maximum atomic E-state index is 5.85. The van der Waals surface area contributed by atoms with Crippen molar-refractivity contribution in [3.8, 4) is 17.2 Å². The van der Waals surface area contributed by atoms with Gasteiger partial charge in [-0.15, -0.1) is 0 Å². The zero-order valence-electron chi connectivity index (χ0n) is 14.6. The minimum atomic E-state index is 0.398. The van der Waals surface area contributed by atoms with E-state index in [1.54, 1.807) is 26.6 Å². The van der Waals surface area contributed by atoms with Crippen molar-refractivity contribution >= 4 is 5.96 Å². The third-order valence-electron chi connectivity index (χ3n) is 3.44. The number of nitrogens with two attached hydrogens (primary N) is 1. The number of hydrogen-bond acceptors (Lipinski definition) is 5. The average Bonchev–Trinajstić information content (AvgIpc) is 2.66. The van der Waals surface area contributed by atoms with E-state index in [1.807, 2.05) is 30.3 Å². The van der Waals surface area contributed by atoms with E-state index in [2.05, 4.69) is 15.3 Å². The minimum Gasteiger partial charge on any atom is -0.493 e. The van der Waals surface area contributed by atoms with Gasteiger partial charge >= 0.3 is 0 Å². The predicted molar refractivity (Wildman–Crippen MR) is 97.5 cm³/mol. The van der Waals surface area contributed by atoms with Gasteiger partial charge in [0.25, 0.3) is 0 Å². The first kappa shape index (κ1) is 18.4. The van der Waals surface area contributed by atoms with Crippen LogP contribution in [0.25, 0.3) is 0 Å². The summed E-state index contributed by atoms with van der Waals surface area (Å²) in [6, 6.07) is 9.50. The van der Waals surface area contributed by atoms with E-state index < -0.39 is 0 Å². The molecule has 0 radical (unpaired) electrons. The summed E-state index contributed by atoms with van der Waals surface area (Å²) in [5, 5.41) is 3.02. The highest BCUT2D eigenvalue weighted by Gasteiger charge is 2.04. The summed E-state index contributed by atoms with van der Waals surface area (Å²) in [6.45, 7) is 1.63. The Hall–Kier alpha value is -2.96. The van der Waals surface area contributed by atoms with Crippen molar-refractivity contribution < 1.29 is 14.2 Å². The minimum absolute atomic E-state index is 0.398. The molecule has 1 aromatic carbocycles. The first-order valence-corrected chi connectivity index (χ1v) is 8.00. The molecular formula is C18H24N4O3. The standard InChI is InChI=1S/C18H24N4O3/c1-23-16-6-5-14(12-17(16)24-2)7-9-21-18(19)22-10-11-25-15-4-3-8-20-13-15/h3-6,8,12-13H,7,9-11H2,1-2H3,(H3,19,21,22). The van der Waals surface area contributed by atoms with Crippen LogP contribution in [0, 0.1) is 0 Å². The first-order valence-electron chi connectivity index (χ1n) is 8.00. The van der Waals surface area contributed by atoms with E-state index in [1.165, 1.54) is 0 Å². The normalized spacial score (nSPS) is 11.0. The van der Waals surface area contributed by atoms with E-state index in [0.29, 0.717) is 37.2 Å². The van der Waals surface area contributed by atoms with Gasteiger partial charge < -0.3 is 25.3 Å². The zero-order valence-corrected chi connectivity index (χ0v) is 14.6. The number of aliphatic imine (C=N–C) groups is 1. The first-order chi connectivity index (χ1) is 12.2. The lowest BCUT2D eigenvalue weighted by atomic mass is 10.1. The summed E-state index contributed by atoms with van der Waals surface area (Å²) in [4.78, 5) is 8.29. The quantitative estimate of drug-likeness (QED) is 0.408. The van der Waals surface area contributed by atoms with E-state index in [9.17, 15) is 0 Å². The topological polar surface area (TPSA) is 91.0 Å². The number of nitrogens with zero attached hydrogens (tertiary/aromatic N) is 2. The molecule has 0 aliphatic carbocycles. The monoisotopic (exact) mass is 344 g/mol. The molecule has 0 aliphatic rings. The van der Waals surface area contributed by atoms with Gasteiger partial charge in [0.1, 0.15) is 12.4 Å². The maximum absolute atomic E-state index is 5.85. The lowest BCUT2D eigenvalue weighted by molar-refractivity contribution is 0.321. The van der Waals surface area contributed by atoms with Crippen molar-refractivity contribution in [2.24, 2.45) is 10.7 Å². The molecule has 7 nitrogen and oxygen atoms in total. The van der Waals surface area contributed by atoms with E-state index in [4.69, 9.17) is 19.9 Å². The Morgan fingerprint density at radius 1 is 1.20 bits per heavy atom. The fraction of sp³-hybridized carbons (Fsp3) is 0.333. The van der Waals surface area contributed by atoms with E-state index in [-0.39, 0.29) is 0 Å². The molecule has 0 saturated heterocycles. The molecule has 2 rings (SSSR count). The number of aromatic nitrogens is 1. The molecule has 2 aromatic rings. The van der Waals surface area contributed by atoms with Crippen molar-refractivity contribution in [3.63, 3.8) is 0 Å². The van der Waals surface area contributed by atoms with Crippen molar-refractivity contribution in [1.82, 2.24) is 10.3 Å². The molecule has 0 saturated carbocycles. The number of rotatable bonds is 9. The SMILES string of the molecule is COc1ccc(CCN=C(N)NCCOc2cccnc2)cc1OC. The molecule has 1 aromatic heterocycles. The molecule has 1 heterocycles. The summed E-state index contributed by atoms with van der Waals surface area (Å²) in [6.07, 6.45) is 4.13. The van der Waals surface area contributed by atoms with Crippen LogP contribution in [0.5, 0.6) is 17.2 Å². The van der Waals surface area contributed by atoms with Crippen molar-refractivity contribution in [1.29, 1.82) is 0 Å². The van der Waals surface area contributed by atoms with Crippen LogP contribution >= 0.6 is 0 Å². The Bertz CT molecular complexity index is 677. The highest BCUT2D eigenvalue weighted by atomic mass is 16.5. The van der Waals surface area contributed by atoms with Crippen LogP contribution in [0.15, 0.2) is 47.7 Å². The van der Waals surface area contributed by atoms with Gasteiger partial charge in [0, 0.05) is 12.7 Å². The molecule has 0 fully saturated rings. The molecular weight excluding hydrogens is 320 g/mol. The van der Waals surface area contributed by atoms with E-state index >= 15 is 0 Å². The van der Waals surface area contributed by atoms with Gasteiger partial charge in [-0.05, 0) is 36.2 Å². The zero-order chi connectivity index (χ0) is 17.9. The summed E-state index contributed by atoms with van der Waals surface area (Å²) >= 11 is 0. The fourth-order valence-corrected chi connectivity index (χ4v) is 2.18. The van der Waals surface area contributed by atoms with Crippen LogP contribution in [0.1, 0.15) is 5.56 Å². The molecule has 0 atom stereocenters. The third kappa shape index (κ3) is 6.21. The van der Waals surface area contributed by atoms with Gasteiger partial charge in [-0.1, -0.05) is 6.07 Å². The van der Waals surface area contributed by atoms with Crippen LogP contribution in [0.3, 0.4) is 0 Å². The summed E-state index contributed by atoms with van der Waals surface area (Å²) in [5.41, 5.74) is 6.95. The number of hydrogen-bond donors (Lipinski definition) is 2. The fourth-order valence-electron chi connectivity index (χ4n) is 2.18. The Labute approximate surface area is 147 Å². The molecule has 25 heavy (non-hydrogen) atoms. The van der Waals surface area contributed by atoms with Crippen LogP contribution in [-0.2, 0) is 6.42 Å². The number of methoxy groups -OCH3 is 2. The second kappa shape index (κ2) is 10.0. The van der Waals surface area contributed by atoms with Crippen molar-refractivity contribution in [2.75, 3.05) is 33.9 Å². The molecule has 0 amide bonds. The Morgan fingerprint density at radius 3 is 2.76 bits per heavy atom. The molecule has 0 bridgehead atoms. The Morgan fingerprint density at radius 2 is 2.04 bits per heavy atom.